The van der Waals surface area contributed by atoms with Crippen LogP contribution in [0.1, 0.15) is 30.2 Å². The lowest BCUT2D eigenvalue weighted by atomic mass is 10.0. The van der Waals surface area contributed by atoms with E-state index in [0.29, 0.717) is 24.9 Å². The van der Waals surface area contributed by atoms with Crippen LogP contribution in [-0.4, -0.2) is 93.1 Å². The van der Waals surface area contributed by atoms with Gasteiger partial charge in [-0.25, -0.2) is 0 Å². The number of nitrogen functional groups attached to an aromatic ring is 1. The summed E-state index contributed by atoms with van der Waals surface area (Å²) in [6.45, 7) is 1.70. The van der Waals surface area contributed by atoms with Gasteiger partial charge in [-0.3, -0.25) is 15.0 Å². The largest absolute Gasteiger partial charge is 0.391 e. The third-order valence-electron chi connectivity index (χ3n) is 5.15. The van der Waals surface area contributed by atoms with Gasteiger partial charge in [0.05, 0.1) is 25.3 Å². The van der Waals surface area contributed by atoms with Crippen LogP contribution in [0.25, 0.3) is 0 Å². The Labute approximate surface area is 184 Å². The minimum atomic E-state index is -1.56. The summed E-state index contributed by atoms with van der Waals surface area (Å²) < 4.78 is 0. The van der Waals surface area contributed by atoms with Crippen LogP contribution in [0.15, 0.2) is 11.4 Å². The maximum atomic E-state index is 12.6. The van der Waals surface area contributed by atoms with Crippen molar-refractivity contribution >= 4 is 29.0 Å². The summed E-state index contributed by atoms with van der Waals surface area (Å²) in [7, 11) is 0. The zero-order chi connectivity index (χ0) is 23.1. The summed E-state index contributed by atoms with van der Waals surface area (Å²) in [4.78, 5) is 27.4. The molecule has 1 saturated heterocycles. The van der Waals surface area contributed by atoms with Gasteiger partial charge in [-0.15, -0.1) is 11.3 Å². The lowest BCUT2D eigenvalue weighted by Crippen LogP contribution is -2.50. The van der Waals surface area contributed by atoms with Gasteiger partial charge < -0.3 is 41.7 Å². The normalized spacial score (nSPS) is 20.2. The van der Waals surface area contributed by atoms with E-state index < -0.39 is 30.5 Å². The van der Waals surface area contributed by atoms with E-state index in [2.05, 4.69) is 10.6 Å². The molecule has 0 radical (unpaired) electrons. The van der Waals surface area contributed by atoms with Crippen LogP contribution in [0.4, 0.5) is 0 Å². The number of carbonyl (C=O) groups excluding carboxylic acids is 2. The van der Waals surface area contributed by atoms with Crippen LogP contribution in [-0.2, 0) is 16.1 Å². The SMILES string of the molecule is C[C@H](O)[C@H](O)[C@@H](O)[C@@H](O)CNCC(=O)N1CCC[C@H]1C(=O)NCc1cc(C(=N)N)cs1. The second kappa shape index (κ2) is 11.5. The van der Waals surface area contributed by atoms with Crippen LogP contribution in [0.5, 0.6) is 0 Å². The van der Waals surface area contributed by atoms with Gasteiger partial charge in [0, 0.05) is 28.9 Å². The van der Waals surface area contributed by atoms with Gasteiger partial charge in [0.15, 0.2) is 0 Å². The molecule has 1 aliphatic rings. The summed E-state index contributed by atoms with van der Waals surface area (Å²) in [5, 5.41) is 53.2. The smallest absolute Gasteiger partial charge is 0.243 e. The van der Waals surface area contributed by atoms with E-state index in [1.807, 2.05) is 0 Å². The van der Waals surface area contributed by atoms with Crippen LogP contribution >= 0.6 is 11.3 Å². The van der Waals surface area contributed by atoms with Gasteiger partial charge >= 0.3 is 0 Å². The lowest BCUT2D eigenvalue weighted by molar-refractivity contribution is -0.138. The molecule has 0 bridgehead atoms. The molecule has 1 aromatic heterocycles. The molecule has 5 atom stereocenters. The van der Waals surface area contributed by atoms with Gasteiger partial charge in [-0.1, -0.05) is 0 Å². The van der Waals surface area contributed by atoms with Crippen molar-refractivity contribution in [2.75, 3.05) is 19.6 Å². The first-order valence-corrected chi connectivity index (χ1v) is 10.9. The first kappa shape index (κ1) is 25.2. The van der Waals surface area contributed by atoms with E-state index in [1.165, 1.54) is 23.2 Å². The Morgan fingerprint density at radius 1 is 1.32 bits per heavy atom. The molecule has 174 valence electrons. The molecular weight excluding hydrogens is 426 g/mol. The fourth-order valence-electron chi connectivity index (χ4n) is 3.31. The molecule has 2 heterocycles. The highest BCUT2D eigenvalue weighted by Gasteiger charge is 2.34. The first-order chi connectivity index (χ1) is 14.6. The van der Waals surface area contributed by atoms with E-state index in [1.54, 1.807) is 11.4 Å². The number of hydrogen-bond donors (Lipinski definition) is 8. The third-order valence-corrected chi connectivity index (χ3v) is 6.08. The van der Waals surface area contributed by atoms with Crippen molar-refractivity contribution in [3.63, 3.8) is 0 Å². The van der Waals surface area contributed by atoms with Crippen LogP contribution < -0.4 is 16.4 Å². The molecule has 0 unspecified atom stereocenters. The van der Waals surface area contributed by atoms with Gasteiger partial charge in [-0.05, 0) is 25.8 Å². The number of aliphatic hydroxyl groups excluding tert-OH is 4. The summed E-state index contributed by atoms with van der Waals surface area (Å²) >= 11 is 1.39. The van der Waals surface area contributed by atoms with E-state index in [-0.39, 0.29) is 37.3 Å². The van der Waals surface area contributed by atoms with Crippen molar-refractivity contribution in [1.29, 1.82) is 5.41 Å². The number of amides is 2. The number of amidine groups is 1. The number of likely N-dealkylation sites (tertiary alicyclic amines) is 1. The molecule has 1 aliphatic heterocycles. The second-order valence-corrected chi connectivity index (χ2v) is 8.59. The molecular formula is C19H31N5O6S. The molecule has 0 spiro atoms. The fourth-order valence-corrected chi connectivity index (χ4v) is 4.13. The van der Waals surface area contributed by atoms with Crippen molar-refractivity contribution < 1.29 is 30.0 Å². The molecule has 1 fully saturated rings. The van der Waals surface area contributed by atoms with Crippen LogP contribution in [0, 0.1) is 5.41 Å². The number of nitrogens with one attached hydrogen (secondary N) is 3. The second-order valence-electron chi connectivity index (χ2n) is 7.60. The van der Waals surface area contributed by atoms with Gasteiger partial charge in [0.1, 0.15) is 24.1 Å². The molecule has 12 heteroatoms. The Kier molecular flexibility index (Phi) is 9.34. The number of aliphatic hydroxyl groups is 4. The molecule has 2 amide bonds. The first-order valence-electron chi connectivity index (χ1n) is 10.0. The van der Waals surface area contributed by atoms with Crippen molar-refractivity contribution in [3.05, 3.63) is 21.9 Å². The molecule has 2 rings (SSSR count). The number of rotatable bonds is 11. The molecule has 0 aromatic carbocycles. The standard InChI is InChI=1S/C19H31N5O6S/c1-10(25)16(28)17(29)14(26)7-22-8-15(27)24-4-2-3-13(24)19(30)23-6-12-5-11(9-31-12)18(20)21/h5,9-10,13-14,16-17,22,25-26,28-29H,2-4,6-8H2,1H3,(H3,20,21)(H,23,30)/t10-,13-,14-,16-,17-/m0/s1. The van der Waals surface area contributed by atoms with Crippen molar-refractivity contribution in [2.45, 2.75) is 56.8 Å². The summed E-state index contributed by atoms with van der Waals surface area (Å²) in [6.07, 6.45) is -4.41. The monoisotopic (exact) mass is 457 g/mol. The molecule has 9 N–H and O–H groups in total. The van der Waals surface area contributed by atoms with Crippen molar-refractivity contribution in [3.8, 4) is 0 Å². The number of thiophene rings is 1. The van der Waals surface area contributed by atoms with Crippen LogP contribution in [0.3, 0.4) is 0 Å². The topological polar surface area (TPSA) is 192 Å². The van der Waals surface area contributed by atoms with Gasteiger partial charge in [-0.2, -0.15) is 0 Å². The highest BCUT2D eigenvalue weighted by Crippen LogP contribution is 2.19. The van der Waals surface area contributed by atoms with E-state index in [9.17, 15) is 30.0 Å². The van der Waals surface area contributed by atoms with Gasteiger partial charge in [0.25, 0.3) is 0 Å². The quantitative estimate of drug-likeness (QED) is 0.134. The zero-order valence-electron chi connectivity index (χ0n) is 17.3. The number of carbonyl (C=O) groups is 2. The predicted octanol–water partition coefficient (Wildman–Crippen LogP) is -2.31. The Morgan fingerprint density at radius 3 is 2.65 bits per heavy atom. The zero-order valence-corrected chi connectivity index (χ0v) is 18.1. The van der Waals surface area contributed by atoms with E-state index >= 15 is 0 Å². The van der Waals surface area contributed by atoms with Crippen molar-refractivity contribution in [2.24, 2.45) is 5.73 Å². The maximum Gasteiger partial charge on any atom is 0.243 e. The average Bonchev–Trinajstić information content (AvgIpc) is 3.40. The summed E-state index contributed by atoms with van der Waals surface area (Å²) in [5.74, 6) is -0.614. The summed E-state index contributed by atoms with van der Waals surface area (Å²) in [6, 6.07) is 1.15. The van der Waals surface area contributed by atoms with E-state index in [4.69, 9.17) is 11.1 Å². The number of hydrogen-bond acceptors (Lipinski definition) is 9. The molecule has 11 nitrogen and oxygen atoms in total. The molecule has 1 aromatic rings. The Morgan fingerprint density at radius 2 is 2.03 bits per heavy atom. The highest BCUT2D eigenvalue weighted by atomic mass is 32.1. The average molecular weight is 458 g/mol. The third kappa shape index (κ3) is 6.95. The lowest BCUT2D eigenvalue weighted by Gasteiger charge is -2.26. The Balaban J connectivity index is 1.80. The van der Waals surface area contributed by atoms with Crippen LogP contribution in [0.2, 0.25) is 0 Å². The number of nitrogens with zero attached hydrogens (tertiary/aromatic N) is 1. The summed E-state index contributed by atoms with van der Waals surface area (Å²) in [5.41, 5.74) is 6.04. The predicted molar refractivity (Wildman–Crippen MR) is 114 cm³/mol. The molecule has 0 aliphatic carbocycles. The Hall–Kier alpha value is -2.09. The van der Waals surface area contributed by atoms with E-state index in [0.717, 1.165) is 4.88 Å². The maximum absolute atomic E-state index is 12.6. The molecule has 0 saturated carbocycles. The highest BCUT2D eigenvalue weighted by molar-refractivity contribution is 7.10. The van der Waals surface area contributed by atoms with Crippen molar-refractivity contribution in [1.82, 2.24) is 15.5 Å². The minimum absolute atomic E-state index is 0.0353. The Bertz CT molecular complexity index is 773. The minimum Gasteiger partial charge on any atom is -0.391 e. The fraction of sp³-hybridized carbons (Fsp3) is 0.632. The molecule has 31 heavy (non-hydrogen) atoms. The van der Waals surface area contributed by atoms with Gasteiger partial charge in [0.2, 0.25) is 11.8 Å². The number of nitrogens with two attached hydrogens (primary N) is 1.